The molecule has 202 valence electrons. The lowest BCUT2D eigenvalue weighted by molar-refractivity contribution is -0.154. The minimum absolute atomic E-state index is 0.136. The molecule has 0 aliphatic carbocycles. The predicted molar refractivity (Wildman–Crippen MR) is 132 cm³/mol. The molecule has 0 aliphatic heterocycles. The zero-order valence-electron chi connectivity index (χ0n) is 20.7. The molecule has 0 fully saturated rings. The Morgan fingerprint density at radius 3 is 2.43 bits per heavy atom. The molecule has 5 atom stereocenters. The summed E-state index contributed by atoms with van der Waals surface area (Å²) in [5, 5.41) is 24.3. The number of nitrogens with zero attached hydrogens (tertiary/aromatic N) is 1. The number of carbonyl (C=O) groups excluding carboxylic acids is 1. The van der Waals surface area contributed by atoms with Gasteiger partial charge in [0.2, 0.25) is 5.72 Å². The first-order chi connectivity index (χ1) is 17.3. The van der Waals surface area contributed by atoms with E-state index in [-0.39, 0.29) is 5.75 Å². The van der Waals surface area contributed by atoms with Crippen LogP contribution in [0.3, 0.4) is 0 Å². The Balaban J connectivity index is 2.31. The van der Waals surface area contributed by atoms with Crippen LogP contribution >= 0.6 is 7.75 Å². The van der Waals surface area contributed by atoms with Crippen LogP contribution in [0.4, 0.5) is 0 Å². The lowest BCUT2D eigenvalue weighted by Gasteiger charge is -2.34. The maximum atomic E-state index is 13.6. The molecule has 14 heteroatoms. The van der Waals surface area contributed by atoms with Gasteiger partial charge in [0, 0.05) is 19.4 Å². The van der Waals surface area contributed by atoms with Gasteiger partial charge in [-0.2, -0.15) is 5.09 Å². The Kier molecular flexibility index (Phi) is 10.4. The number of benzene rings is 1. The van der Waals surface area contributed by atoms with Crippen LogP contribution in [0.25, 0.3) is 0 Å². The zero-order valence-corrected chi connectivity index (χ0v) is 21.6. The number of methoxy groups -OCH3 is 1. The molecule has 1 unspecified atom stereocenters. The highest BCUT2D eigenvalue weighted by Crippen LogP contribution is 2.45. The molecule has 0 radical (unpaired) electrons. The second-order valence-electron chi connectivity index (χ2n) is 8.10. The number of hydrogen-bond acceptors (Lipinski definition) is 10. The molecule has 0 spiro atoms. The molecule has 4 N–H and O–H groups in total. The van der Waals surface area contributed by atoms with Crippen LogP contribution < -0.4 is 20.9 Å². The van der Waals surface area contributed by atoms with Crippen LogP contribution in [0.5, 0.6) is 5.75 Å². The third-order valence-corrected chi connectivity index (χ3v) is 6.55. The van der Waals surface area contributed by atoms with Crippen molar-refractivity contribution in [3.63, 3.8) is 0 Å². The average molecular weight is 539 g/mol. The van der Waals surface area contributed by atoms with E-state index >= 15 is 0 Å². The second kappa shape index (κ2) is 12.8. The first-order valence-corrected chi connectivity index (χ1v) is 12.6. The first kappa shape index (κ1) is 30.0. The van der Waals surface area contributed by atoms with Gasteiger partial charge in [-0.15, -0.1) is 6.42 Å². The molecule has 2 rings (SSSR count). The van der Waals surface area contributed by atoms with Crippen LogP contribution in [0, 0.1) is 12.3 Å². The Bertz CT molecular complexity index is 1260. The molecule has 1 aromatic heterocycles. The van der Waals surface area contributed by atoms with Crippen molar-refractivity contribution in [2.24, 2.45) is 0 Å². The van der Waals surface area contributed by atoms with Crippen molar-refractivity contribution in [2.45, 2.75) is 50.8 Å². The molecule has 37 heavy (non-hydrogen) atoms. The Morgan fingerprint density at radius 2 is 1.89 bits per heavy atom. The van der Waals surface area contributed by atoms with Gasteiger partial charge in [-0.1, -0.05) is 18.2 Å². The molecule has 0 bridgehead atoms. The van der Waals surface area contributed by atoms with E-state index in [0.717, 1.165) is 19.4 Å². The minimum atomic E-state index is -4.34. The van der Waals surface area contributed by atoms with Crippen LogP contribution in [-0.4, -0.2) is 63.8 Å². The zero-order chi connectivity index (χ0) is 27.8. The molecular weight excluding hydrogens is 509 g/mol. The van der Waals surface area contributed by atoms with Gasteiger partial charge in [0.1, 0.15) is 24.0 Å². The van der Waals surface area contributed by atoms with Gasteiger partial charge in [-0.25, -0.2) is 9.36 Å². The fourth-order valence-electron chi connectivity index (χ4n) is 3.04. The molecule has 1 aromatic carbocycles. The maximum Gasteiger partial charge on any atom is 0.459 e. The van der Waals surface area contributed by atoms with Gasteiger partial charge in [0.05, 0.1) is 12.7 Å². The number of terminal acetylenes is 1. The van der Waals surface area contributed by atoms with Crippen LogP contribution in [0.15, 0.2) is 52.2 Å². The van der Waals surface area contributed by atoms with E-state index in [1.165, 1.54) is 19.1 Å². The molecule has 0 saturated carbocycles. The van der Waals surface area contributed by atoms with Crippen LogP contribution in [0.2, 0.25) is 0 Å². The number of aromatic amines is 1. The number of rotatable bonds is 13. The second-order valence-corrected chi connectivity index (χ2v) is 9.80. The van der Waals surface area contributed by atoms with E-state index in [1.807, 2.05) is 10.9 Å². The number of carbonyl (C=O) groups is 1. The quantitative estimate of drug-likeness (QED) is 0.157. The van der Waals surface area contributed by atoms with Gasteiger partial charge in [0.15, 0.2) is 0 Å². The summed E-state index contributed by atoms with van der Waals surface area (Å²) in [6.07, 6.45) is 2.36. The van der Waals surface area contributed by atoms with Crippen molar-refractivity contribution in [3.05, 3.63) is 63.4 Å². The van der Waals surface area contributed by atoms with Crippen molar-refractivity contribution in [1.29, 1.82) is 0 Å². The summed E-state index contributed by atoms with van der Waals surface area (Å²) in [6, 6.07) is 7.71. The number of nitrogens with one attached hydrogen (secondary N) is 2. The van der Waals surface area contributed by atoms with E-state index in [0.29, 0.717) is 4.57 Å². The highest BCUT2D eigenvalue weighted by molar-refractivity contribution is 7.52. The summed E-state index contributed by atoms with van der Waals surface area (Å²) in [4.78, 5) is 37.8. The number of aliphatic hydroxyl groups is 2. The van der Waals surface area contributed by atoms with Crippen molar-refractivity contribution in [3.8, 4) is 18.1 Å². The average Bonchev–Trinajstić information content (AvgIpc) is 2.83. The Morgan fingerprint density at radius 1 is 1.24 bits per heavy atom. The van der Waals surface area contributed by atoms with Crippen molar-refractivity contribution in [2.75, 3.05) is 13.7 Å². The monoisotopic (exact) mass is 539 g/mol. The fraction of sp³-hybridized carbons (Fsp3) is 0.435. The van der Waals surface area contributed by atoms with Gasteiger partial charge in [-0.3, -0.25) is 23.7 Å². The van der Waals surface area contributed by atoms with Gasteiger partial charge >= 0.3 is 19.4 Å². The first-order valence-electron chi connectivity index (χ1n) is 11.1. The summed E-state index contributed by atoms with van der Waals surface area (Å²) < 4.78 is 35.4. The highest BCUT2D eigenvalue weighted by atomic mass is 31.2. The SMILES string of the molecule is C#C[C@@](O)([C@H](O)[C@@H](COP(=O)(N[C@@H](C)C(=O)OC(C)C)Oc1ccccc1)OC)n1ccc(=O)[nH]c1=O. The largest absolute Gasteiger partial charge is 0.462 e. The van der Waals surface area contributed by atoms with Crippen molar-refractivity contribution in [1.82, 2.24) is 14.6 Å². The summed E-state index contributed by atoms with van der Waals surface area (Å²) in [7, 11) is -3.20. The number of aliphatic hydroxyl groups excluding tert-OH is 1. The third-order valence-electron chi connectivity index (χ3n) is 4.91. The standard InChI is InChI=1S/C23H30N3O10P/c1-6-23(31,26-13-12-19(27)24-22(26)30)20(28)18(33-5)14-34-37(32,36-17-10-8-7-9-11-17)25-16(4)21(29)35-15(2)3/h1,7-13,15-16,18,20,28,31H,14H2,2-5H3,(H,25,32)(H,24,27,30)/t16-,18+,20+,23+,37?/m0/s1. The topological polar surface area (TPSA) is 178 Å². The number of esters is 1. The Hall–Kier alpha value is -3.24. The molecule has 1 heterocycles. The molecule has 0 saturated heterocycles. The summed E-state index contributed by atoms with van der Waals surface area (Å²) in [6.45, 7) is 3.98. The van der Waals surface area contributed by atoms with E-state index in [1.54, 1.807) is 32.0 Å². The summed E-state index contributed by atoms with van der Waals surface area (Å²) >= 11 is 0. The molecule has 0 amide bonds. The van der Waals surface area contributed by atoms with Gasteiger partial charge in [0.25, 0.3) is 5.56 Å². The Labute approximate surface area is 212 Å². The molecule has 2 aromatic rings. The highest BCUT2D eigenvalue weighted by Gasteiger charge is 2.44. The molecular formula is C23H30N3O10P. The van der Waals surface area contributed by atoms with E-state index in [4.69, 9.17) is 24.9 Å². The van der Waals surface area contributed by atoms with Gasteiger partial charge in [-0.05, 0) is 38.8 Å². The fourth-order valence-corrected chi connectivity index (χ4v) is 4.54. The smallest absolute Gasteiger partial charge is 0.459 e. The van der Waals surface area contributed by atoms with E-state index < -0.39 is 61.7 Å². The third kappa shape index (κ3) is 7.87. The number of ether oxygens (including phenoxy) is 2. The molecule has 13 nitrogen and oxygen atoms in total. The number of H-pyrrole nitrogens is 1. The number of hydrogen-bond donors (Lipinski definition) is 4. The van der Waals surface area contributed by atoms with Crippen LogP contribution in [0.1, 0.15) is 20.8 Å². The van der Waals surface area contributed by atoms with Crippen molar-refractivity contribution < 1.29 is 38.1 Å². The van der Waals surface area contributed by atoms with E-state index in [9.17, 15) is 29.2 Å². The van der Waals surface area contributed by atoms with E-state index in [2.05, 4.69) is 5.09 Å². The maximum absolute atomic E-state index is 13.6. The predicted octanol–water partition coefficient (Wildman–Crippen LogP) is 0.324. The summed E-state index contributed by atoms with van der Waals surface area (Å²) in [5.74, 6) is 1.32. The summed E-state index contributed by atoms with van der Waals surface area (Å²) in [5.41, 5.74) is -4.55. The lowest BCUT2D eigenvalue weighted by atomic mass is 10.0. The lowest BCUT2D eigenvalue weighted by Crippen LogP contribution is -2.56. The number of aromatic nitrogens is 2. The molecule has 0 aliphatic rings. The van der Waals surface area contributed by atoms with Crippen molar-refractivity contribution >= 4 is 13.7 Å². The van der Waals surface area contributed by atoms with Gasteiger partial charge < -0.3 is 24.2 Å². The normalized spacial score (nSPS) is 17.0. The van der Waals surface area contributed by atoms with Crippen LogP contribution in [-0.2, 0) is 29.1 Å². The number of para-hydroxylation sites is 1. The minimum Gasteiger partial charge on any atom is -0.462 e.